The number of hydrogen-bond acceptors (Lipinski definition) is 9. The number of nitrogens with one attached hydrogen (secondary N) is 3. The number of aliphatic carboxylic acids is 2. The lowest BCUT2D eigenvalue weighted by Crippen LogP contribution is -2.46. The molecule has 1 aromatic rings. The van der Waals surface area contributed by atoms with Crippen LogP contribution < -0.4 is 21.7 Å². The Morgan fingerprint density at radius 1 is 0.822 bits per heavy atom. The van der Waals surface area contributed by atoms with E-state index in [9.17, 15) is 51.6 Å². The summed E-state index contributed by atoms with van der Waals surface area (Å²) in [4.78, 5) is 83.7. The lowest BCUT2D eigenvalue weighted by Gasteiger charge is -2.19. The number of aryl methyl sites for hydroxylation is 1. The molecule has 1 rings (SSSR count). The van der Waals surface area contributed by atoms with Crippen LogP contribution in [0.4, 0.5) is 0 Å². The number of Topliss-reactive ketones (excluding diaryl/α,β-unsaturated/α-hetero) is 1. The SMILES string of the molecule is Cc1ccc(C(=O)NCCCCC(NC(=O)CCC(CC(=O)C(CS(=O)(=O)O)NC(=O)CCCC(=O)O)C(=O)O)C(N)=O)cc1. The molecule has 250 valence electrons. The van der Waals surface area contributed by atoms with E-state index in [1.165, 1.54) is 0 Å². The zero-order chi connectivity index (χ0) is 34.2. The van der Waals surface area contributed by atoms with E-state index in [-0.39, 0.29) is 31.6 Å². The van der Waals surface area contributed by atoms with Gasteiger partial charge in [-0.25, -0.2) is 0 Å². The van der Waals surface area contributed by atoms with Crippen LogP contribution in [-0.2, 0) is 38.9 Å². The van der Waals surface area contributed by atoms with Crippen molar-refractivity contribution in [2.45, 2.75) is 76.8 Å². The van der Waals surface area contributed by atoms with Gasteiger partial charge in [-0.3, -0.25) is 38.1 Å². The van der Waals surface area contributed by atoms with Gasteiger partial charge >= 0.3 is 11.9 Å². The average Bonchev–Trinajstić information content (AvgIpc) is 2.92. The van der Waals surface area contributed by atoms with Crippen molar-refractivity contribution in [2.24, 2.45) is 11.7 Å². The van der Waals surface area contributed by atoms with Gasteiger partial charge in [0.25, 0.3) is 16.0 Å². The van der Waals surface area contributed by atoms with E-state index in [1.807, 2.05) is 6.92 Å². The monoisotopic (exact) mass is 656 g/mol. The van der Waals surface area contributed by atoms with Crippen molar-refractivity contribution in [3.8, 4) is 0 Å². The van der Waals surface area contributed by atoms with Gasteiger partial charge in [0.2, 0.25) is 17.7 Å². The van der Waals surface area contributed by atoms with Gasteiger partial charge in [-0.05, 0) is 51.2 Å². The Hall–Kier alpha value is -4.38. The molecular weight excluding hydrogens is 616 g/mol. The van der Waals surface area contributed by atoms with Crippen LogP contribution >= 0.6 is 0 Å². The van der Waals surface area contributed by atoms with Crippen molar-refractivity contribution >= 4 is 51.5 Å². The minimum Gasteiger partial charge on any atom is -0.481 e. The van der Waals surface area contributed by atoms with Crippen LogP contribution in [0.15, 0.2) is 24.3 Å². The molecule has 3 atom stereocenters. The summed E-state index contributed by atoms with van der Waals surface area (Å²) in [6, 6.07) is 4.11. The summed E-state index contributed by atoms with van der Waals surface area (Å²) in [5.41, 5.74) is 6.89. The third kappa shape index (κ3) is 16.9. The molecule has 0 radical (unpaired) electrons. The molecule has 45 heavy (non-hydrogen) atoms. The van der Waals surface area contributed by atoms with Gasteiger partial charge in [0, 0.05) is 37.8 Å². The maximum atomic E-state index is 12.7. The Balaban J connectivity index is 2.63. The highest BCUT2D eigenvalue weighted by molar-refractivity contribution is 7.85. The van der Waals surface area contributed by atoms with Gasteiger partial charge < -0.3 is 31.9 Å². The number of ketones is 1. The summed E-state index contributed by atoms with van der Waals surface area (Å²) >= 11 is 0. The molecule has 0 heterocycles. The van der Waals surface area contributed by atoms with Crippen molar-refractivity contribution in [1.82, 2.24) is 16.0 Å². The largest absolute Gasteiger partial charge is 0.481 e. The normalized spacial score (nSPS) is 13.1. The number of carboxylic acids is 2. The Labute approximate surface area is 260 Å². The molecule has 0 aromatic heterocycles. The smallest absolute Gasteiger partial charge is 0.306 e. The first-order valence-electron chi connectivity index (χ1n) is 14.1. The van der Waals surface area contributed by atoms with Gasteiger partial charge in [-0.15, -0.1) is 0 Å². The molecule has 17 heteroatoms. The molecule has 0 aliphatic rings. The summed E-state index contributed by atoms with van der Waals surface area (Å²) in [6.07, 6.45) is -1.45. The quantitative estimate of drug-likeness (QED) is 0.0638. The maximum Gasteiger partial charge on any atom is 0.306 e. The van der Waals surface area contributed by atoms with Crippen LogP contribution in [0.3, 0.4) is 0 Å². The summed E-state index contributed by atoms with van der Waals surface area (Å²) in [5.74, 6) is -9.14. The number of primary amides is 1. The molecule has 4 amide bonds. The molecule has 8 N–H and O–H groups in total. The van der Waals surface area contributed by atoms with Gasteiger partial charge in [-0.2, -0.15) is 8.42 Å². The molecule has 0 spiro atoms. The van der Waals surface area contributed by atoms with Gasteiger partial charge in [0.05, 0.1) is 5.92 Å². The van der Waals surface area contributed by atoms with E-state index < -0.39 is 88.6 Å². The van der Waals surface area contributed by atoms with E-state index in [2.05, 4.69) is 16.0 Å². The van der Waals surface area contributed by atoms with Crippen LogP contribution in [-0.4, -0.2) is 88.9 Å². The number of hydrogen-bond donors (Lipinski definition) is 7. The van der Waals surface area contributed by atoms with Crippen LogP contribution in [0.1, 0.15) is 73.7 Å². The first kappa shape index (κ1) is 38.6. The Morgan fingerprint density at radius 3 is 1.98 bits per heavy atom. The highest BCUT2D eigenvalue weighted by atomic mass is 32.2. The second-order valence-corrected chi connectivity index (χ2v) is 12.0. The fourth-order valence-electron chi connectivity index (χ4n) is 4.13. The Morgan fingerprint density at radius 2 is 1.42 bits per heavy atom. The molecule has 0 bridgehead atoms. The number of carbonyl (C=O) groups is 7. The fraction of sp³-hybridized carbons (Fsp3) is 0.536. The van der Waals surface area contributed by atoms with E-state index in [0.717, 1.165) is 5.56 Å². The maximum absolute atomic E-state index is 12.7. The number of nitrogens with two attached hydrogens (primary N) is 1. The number of unbranched alkanes of at least 4 members (excludes halogenated alkanes) is 1. The van der Waals surface area contributed by atoms with Crippen LogP contribution in [0.25, 0.3) is 0 Å². The summed E-state index contributed by atoms with van der Waals surface area (Å²) in [7, 11) is -4.79. The number of benzene rings is 1. The molecule has 0 aliphatic carbocycles. The second-order valence-electron chi connectivity index (χ2n) is 10.5. The molecule has 0 fully saturated rings. The van der Waals surface area contributed by atoms with E-state index in [0.29, 0.717) is 24.9 Å². The average molecular weight is 657 g/mol. The standard InChI is InChI=1S/C28H40N4O12S/c1-17-8-10-18(11-9-17)27(39)30-14-3-2-5-20(26(29)38)31-24(35)13-12-19(28(40)41)15-22(33)21(16-45(42,43)44)32-23(34)6-4-7-25(36)37/h8-11,19-21H,2-7,12-16H2,1H3,(H2,29,38)(H,30,39)(H,31,35)(H,32,34)(H,36,37)(H,40,41)(H,42,43,44). The highest BCUT2D eigenvalue weighted by Gasteiger charge is 2.31. The van der Waals surface area contributed by atoms with Crippen molar-refractivity contribution in [1.29, 1.82) is 0 Å². The minimum absolute atomic E-state index is 0.113. The van der Waals surface area contributed by atoms with Crippen molar-refractivity contribution in [2.75, 3.05) is 12.3 Å². The highest BCUT2D eigenvalue weighted by Crippen LogP contribution is 2.15. The third-order valence-corrected chi connectivity index (χ3v) is 7.36. The van der Waals surface area contributed by atoms with Crippen molar-refractivity contribution in [3.63, 3.8) is 0 Å². The fourth-order valence-corrected chi connectivity index (χ4v) is 4.82. The summed E-state index contributed by atoms with van der Waals surface area (Å²) < 4.78 is 31.9. The number of amides is 4. The Kier molecular flexibility index (Phi) is 16.4. The van der Waals surface area contributed by atoms with E-state index in [4.69, 9.17) is 10.8 Å². The van der Waals surface area contributed by atoms with Crippen LogP contribution in [0, 0.1) is 12.8 Å². The van der Waals surface area contributed by atoms with Crippen molar-refractivity contribution in [3.05, 3.63) is 35.4 Å². The molecule has 0 saturated carbocycles. The lowest BCUT2D eigenvalue weighted by atomic mass is 9.94. The van der Waals surface area contributed by atoms with E-state index >= 15 is 0 Å². The first-order chi connectivity index (χ1) is 21.0. The van der Waals surface area contributed by atoms with Crippen LogP contribution in [0.5, 0.6) is 0 Å². The van der Waals surface area contributed by atoms with Crippen LogP contribution in [0.2, 0.25) is 0 Å². The molecule has 1 aromatic carbocycles. The minimum atomic E-state index is -4.79. The Bertz CT molecular complexity index is 1330. The first-order valence-corrected chi connectivity index (χ1v) is 15.7. The van der Waals surface area contributed by atoms with E-state index in [1.54, 1.807) is 24.3 Å². The molecule has 0 saturated heterocycles. The third-order valence-electron chi connectivity index (χ3n) is 6.61. The number of rotatable bonds is 22. The lowest BCUT2D eigenvalue weighted by molar-refractivity contribution is -0.144. The van der Waals surface area contributed by atoms with Gasteiger partial charge in [0.15, 0.2) is 5.78 Å². The molecule has 3 unspecified atom stereocenters. The second kappa shape index (κ2) is 19.1. The van der Waals surface area contributed by atoms with Gasteiger partial charge in [0.1, 0.15) is 17.8 Å². The zero-order valence-corrected chi connectivity index (χ0v) is 25.6. The zero-order valence-electron chi connectivity index (χ0n) is 24.8. The molecule has 16 nitrogen and oxygen atoms in total. The topological polar surface area (TPSA) is 276 Å². The van der Waals surface area contributed by atoms with Crippen molar-refractivity contribution < 1.29 is 56.7 Å². The summed E-state index contributed by atoms with van der Waals surface area (Å²) in [5, 5.41) is 25.5. The van der Waals surface area contributed by atoms with Gasteiger partial charge in [-0.1, -0.05) is 17.7 Å². The molecule has 0 aliphatic heterocycles. The molecular formula is C28H40N4O12S. The number of carboxylic acid groups (broad SMARTS) is 2. The predicted molar refractivity (Wildman–Crippen MR) is 158 cm³/mol. The summed E-state index contributed by atoms with van der Waals surface area (Å²) in [6.45, 7) is 2.20. The number of carbonyl (C=O) groups excluding carboxylic acids is 5. The predicted octanol–water partition coefficient (Wildman–Crippen LogP) is -0.0671.